The van der Waals surface area contributed by atoms with Crippen LogP contribution in [0.1, 0.15) is 159 Å². The maximum absolute atomic E-state index is 10.5. The molecule has 0 amide bonds. The number of nitrogens with two attached hydrogens (primary N) is 12. The van der Waals surface area contributed by atoms with Crippen molar-refractivity contribution in [1.29, 1.82) is 0 Å². The second-order valence-corrected chi connectivity index (χ2v) is 27.9. The number of aliphatic hydroxyl groups is 6. The number of rotatable bonds is 14. The van der Waals surface area contributed by atoms with Gasteiger partial charge in [-0.05, 0) is 145 Å². The quantitative estimate of drug-likeness (QED) is 0.0907. The van der Waals surface area contributed by atoms with Crippen molar-refractivity contribution in [2.24, 2.45) is 110 Å². The summed E-state index contributed by atoms with van der Waals surface area (Å²) in [4.78, 5) is 0. The highest BCUT2D eigenvalue weighted by atomic mass is 16.7. The maximum Gasteiger partial charge on any atom is 0.173 e. The SMILES string of the molecule is C.CC[C@@H](N)[C@@H]1CC[C@@H](N)[C@@H](O[C@H]2[C@H](O)[C@@H](C)[C@H](C)C[C@@H]2N)O1.C[C@@H]1C[C@H](N)[C@@H](O[C@H]2O[C@H](CN)CC[C@H]2N)[C@H](O)[C@H]1O.C[C@@H]1C[C@H](N)[C@@H](O[C@H]2O[C@H]([C@@H](C)N)CC[C@H]2N)[C@H](O)[C@H]1O.C[C@@H]1[C@@H](O)[C@H](O[C@H]2O[C@H]([C@H](N)C3CC3)CC[C@H]2N)[C@@H](N)C[C@H]1C. The molecule has 4 aliphatic heterocycles. The molecule has 514 valence electrons. The molecule has 9 fully saturated rings. The number of hydrogen-bond donors (Lipinski definition) is 18. The van der Waals surface area contributed by atoms with E-state index in [1.807, 2.05) is 41.5 Å². The molecule has 0 spiro atoms. The van der Waals surface area contributed by atoms with Crippen LogP contribution in [0.3, 0.4) is 0 Å². The Labute approximate surface area is 519 Å². The largest absolute Gasteiger partial charge is 0.390 e. The first-order valence-corrected chi connectivity index (χ1v) is 32.8. The van der Waals surface area contributed by atoms with E-state index in [9.17, 15) is 30.6 Å². The fourth-order valence-corrected chi connectivity index (χ4v) is 13.8. The summed E-state index contributed by atoms with van der Waals surface area (Å²) in [7, 11) is 0. The van der Waals surface area contributed by atoms with Gasteiger partial charge in [-0.15, -0.1) is 0 Å². The third-order valence-corrected chi connectivity index (χ3v) is 20.7. The number of ether oxygens (including phenoxy) is 8. The van der Waals surface area contributed by atoms with Crippen LogP contribution >= 0.6 is 0 Å². The summed E-state index contributed by atoms with van der Waals surface area (Å²) in [6, 6.07) is -2.09. The van der Waals surface area contributed by atoms with Gasteiger partial charge in [-0.2, -0.15) is 0 Å². The van der Waals surface area contributed by atoms with E-state index in [1.54, 1.807) is 0 Å². The van der Waals surface area contributed by atoms with E-state index >= 15 is 0 Å². The van der Waals surface area contributed by atoms with E-state index in [1.165, 1.54) is 12.8 Å². The third kappa shape index (κ3) is 20.2. The monoisotopic (exact) mass is 1250 g/mol. The molecular formula is C61H126N12O14. The number of aliphatic hydroxyl groups excluding tert-OH is 6. The summed E-state index contributed by atoms with van der Waals surface area (Å²) in [5.41, 5.74) is 72.7. The maximum atomic E-state index is 10.5. The Morgan fingerprint density at radius 1 is 0.402 bits per heavy atom. The molecule has 4 saturated heterocycles. The zero-order valence-electron chi connectivity index (χ0n) is 53.0. The molecule has 5 saturated carbocycles. The van der Waals surface area contributed by atoms with Crippen molar-refractivity contribution < 1.29 is 68.5 Å². The minimum absolute atomic E-state index is 0. The second-order valence-electron chi connectivity index (χ2n) is 27.9. The van der Waals surface area contributed by atoms with Gasteiger partial charge in [0, 0.05) is 48.8 Å². The van der Waals surface area contributed by atoms with E-state index < -0.39 is 86.2 Å². The van der Waals surface area contributed by atoms with Crippen molar-refractivity contribution in [1.82, 2.24) is 0 Å². The Morgan fingerprint density at radius 3 is 1.09 bits per heavy atom. The van der Waals surface area contributed by atoms with Crippen molar-refractivity contribution in [3.05, 3.63) is 0 Å². The number of hydrogen-bond acceptors (Lipinski definition) is 26. The van der Waals surface area contributed by atoms with Crippen LogP contribution < -0.4 is 68.8 Å². The van der Waals surface area contributed by atoms with E-state index in [0.29, 0.717) is 37.1 Å². The first kappa shape index (κ1) is 76.7. The van der Waals surface area contributed by atoms with E-state index in [0.717, 1.165) is 70.6 Å². The smallest absolute Gasteiger partial charge is 0.173 e. The molecule has 87 heavy (non-hydrogen) atoms. The molecule has 35 atom stereocenters. The van der Waals surface area contributed by atoms with E-state index in [4.69, 9.17) is 107 Å². The summed E-state index contributed by atoms with van der Waals surface area (Å²) >= 11 is 0. The van der Waals surface area contributed by atoms with Crippen LogP contribution in [-0.4, -0.2) is 214 Å². The van der Waals surface area contributed by atoms with E-state index in [-0.39, 0.29) is 122 Å². The summed E-state index contributed by atoms with van der Waals surface area (Å²) < 4.78 is 47.3. The highest BCUT2D eigenvalue weighted by Crippen LogP contribution is 2.39. The molecule has 30 N–H and O–H groups in total. The molecule has 5 aliphatic carbocycles. The zero-order valence-corrected chi connectivity index (χ0v) is 53.0. The highest BCUT2D eigenvalue weighted by Gasteiger charge is 2.49. The van der Waals surface area contributed by atoms with Crippen LogP contribution in [0.4, 0.5) is 0 Å². The van der Waals surface area contributed by atoms with Gasteiger partial charge < -0.3 is 137 Å². The van der Waals surface area contributed by atoms with Crippen LogP contribution in [0.5, 0.6) is 0 Å². The topological polar surface area (TPSA) is 507 Å². The Morgan fingerprint density at radius 2 is 0.724 bits per heavy atom. The van der Waals surface area contributed by atoms with Crippen LogP contribution in [0.2, 0.25) is 0 Å². The molecule has 9 aliphatic rings. The van der Waals surface area contributed by atoms with Gasteiger partial charge in [0.05, 0.1) is 73.0 Å². The lowest BCUT2D eigenvalue weighted by Gasteiger charge is -2.45. The van der Waals surface area contributed by atoms with Gasteiger partial charge in [0.25, 0.3) is 0 Å². The first-order valence-electron chi connectivity index (χ1n) is 32.8. The van der Waals surface area contributed by atoms with Crippen molar-refractivity contribution >= 4 is 0 Å². The predicted octanol–water partition coefficient (Wildman–Crippen LogP) is -1.86. The van der Waals surface area contributed by atoms with Crippen molar-refractivity contribution in [3.8, 4) is 0 Å². The third-order valence-electron chi connectivity index (χ3n) is 20.7. The Hall–Kier alpha value is -1.04. The van der Waals surface area contributed by atoms with Gasteiger partial charge in [0.15, 0.2) is 25.2 Å². The molecule has 0 aromatic heterocycles. The summed E-state index contributed by atoms with van der Waals surface area (Å²) in [6.45, 7) is 16.4. The lowest BCUT2D eigenvalue weighted by Crippen LogP contribution is -2.60. The van der Waals surface area contributed by atoms with Gasteiger partial charge in [-0.1, -0.05) is 55.9 Å². The molecule has 9 rings (SSSR count). The van der Waals surface area contributed by atoms with Crippen molar-refractivity contribution in [3.63, 3.8) is 0 Å². The molecule has 0 bridgehead atoms. The van der Waals surface area contributed by atoms with Crippen molar-refractivity contribution in [2.75, 3.05) is 6.54 Å². The van der Waals surface area contributed by atoms with Crippen LogP contribution in [-0.2, 0) is 37.9 Å². The fraction of sp³-hybridized carbons (Fsp3) is 1.00. The minimum Gasteiger partial charge on any atom is -0.390 e. The first-order chi connectivity index (χ1) is 40.5. The molecule has 26 heteroatoms. The molecular weight excluding hydrogens is 1120 g/mol. The van der Waals surface area contributed by atoms with Gasteiger partial charge in [0.2, 0.25) is 0 Å². The Kier molecular flexibility index (Phi) is 30.8. The molecule has 0 radical (unpaired) electrons. The molecule has 0 aromatic rings. The van der Waals surface area contributed by atoms with E-state index in [2.05, 4.69) is 13.8 Å². The van der Waals surface area contributed by atoms with Gasteiger partial charge in [-0.3, -0.25) is 0 Å². The predicted molar refractivity (Wildman–Crippen MR) is 333 cm³/mol. The average molecular weight is 1250 g/mol. The summed E-state index contributed by atoms with van der Waals surface area (Å²) in [5.74, 6) is 1.54. The lowest BCUT2D eigenvalue weighted by atomic mass is 9.75. The molecule has 0 unspecified atom stereocenters. The van der Waals surface area contributed by atoms with Crippen LogP contribution in [0, 0.1) is 41.4 Å². The normalized spacial score (nSPS) is 48.9. The average Bonchev–Trinajstić information content (AvgIpc) is 1.97. The zero-order chi connectivity index (χ0) is 63.8. The van der Waals surface area contributed by atoms with Crippen molar-refractivity contribution in [2.45, 2.75) is 336 Å². The molecule has 0 aromatic carbocycles. The van der Waals surface area contributed by atoms with Gasteiger partial charge in [-0.25, -0.2) is 0 Å². The van der Waals surface area contributed by atoms with Gasteiger partial charge >= 0.3 is 0 Å². The second kappa shape index (κ2) is 34.9. The fourth-order valence-electron chi connectivity index (χ4n) is 13.8. The van der Waals surface area contributed by atoms with Crippen LogP contribution in [0.15, 0.2) is 0 Å². The molecule has 4 heterocycles. The highest BCUT2D eigenvalue weighted by molar-refractivity contribution is 4.99. The standard InChI is InChI=1S/C17H33N3O3.C16H33N3O3.C14H29N3O4.C13H27N3O4.CH4/c1-8-7-12(19)16(15(21)9(8)2)23-17-11(18)5-6-13(22-17)14(20)10-3-4-10;1-4-10(17)13-6-5-11(18)16(21-13)22-15-12(19)7-8(2)9(3)14(15)20;1-6-5-9(17)13(12(19)11(6)18)21-14-8(16)3-4-10(20-14)7(2)15;1-6-4-9(16)12(11(18)10(6)17)20-13-8(15)3-2-7(5-14)19-13;/h8-17,21H,3-7,18-20H2,1-2H3;8-16,20H,4-7,17-19H2,1-3H3;6-14,18-19H,3-5,15-17H2,1-2H3;6-13,17-18H,2-5,14-16H2,1H3;1H4/t8-,9+,11-,12+,13+,14-,15-,16-,17-;8-,9+,10-,11-,12+,13+,14-,15-,16-;6-,7-,8-,9+,10+,11+,12-,13-,14-;6-,7+,8-,9+,10+,11-,12-,13-;/m1111./s1. The van der Waals surface area contributed by atoms with Crippen LogP contribution in [0.25, 0.3) is 0 Å². The Balaban J connectivity index is 0.000000211. The molecule has 26 nitrogen and oxygen atoms in total. The van der Waals surface area contributed by atoms with Gasteiger partial charge in [0.1, 0.15) is 36.6 Å². The summed E-state index contributed by atoms with van der Waals surface area (Å²) in [6.07, 6.45) is 2.85. The summed E-state index contributed by atoms with van der Waals surface area (Å²) in [5, 5.41) is 61.3. The lowest BCUT2D eigenvalue weighted by molar-refractivity contribution is -0.257. The minimum atomic E-state index is -1.03. The Bertz CT molecular complexity index is 1960.